The predicted octanol–water partition coefficient (Wildman–Crippen LogP) is 7.93. The first-order valence-electron chi connectivity index (χ1n) is 15.8. The van der Waals surface area contributed by atoms with E-state index in [1.807, 2.05) is 12.1 Å². The highest BCUT2D eigenvalue weighted by molar-refractivity contribution is 7.20. The van der Waals surface area contributed by atoms with Gasteiger partial charge in [-0.05, 0) is 69.3 Å². The summed E-state index contributed by atoms with van der Waals surface area (Å²) >= 11 is 0. The lowest BCUT2D eigenvalue weighted by Gasteiger charge is -2.34. The number of fused-ring (bicyclic) bond motifs is 6. The van der Waals surface area contributed by atoms with Gasteiger partial charge in [0.15, 0.2) is 8.07 Å². The molecule has 0 fully saturated rings. The van der Waals surface area contributed by atoms with Gasteiger partial charge in [-0.3, -0.25) is 0 Å². The van der Waals surface area contributed by atoms with Gasteiger partial charge < -0.3 is 8.98 Å². The second-order valence-electron chi connectivity index (χ2n) is 12.0. The smallest absolute Gasteiger partial charge is 0.179 e. The van der Waals surface area contributed by atoms with Crippen molar-refractivity contribution < 1.29 is 4.42 Å². The van der Waals surface area contributed by atoms with Crippen molar-refractivity contribution in [3.8, 4) is 11.8 Å². The van der Waals surface area contributed by atoms with E-state index in [1.165, 1.54) is 20.7 Å². The molecular formula is C43H28N2OSi. The molecule has 0 saturated carbocycles. The molecule has 220 valence electrons. The molecule has 47 heavy (non-hydrogen) atoms. The average Bonchev–Trinajstić information content (AvgIpc) is 3.68. The summed E-state index contributed by atoms with van der Waals surface area (Å²) in [6.07, 6.45) is 0. The van der Waals surface area contributed by atoms with Crippen LogP contribution in [0.2, 0.25) is 0 Å². The van der Waals surface area contributed by atoms with E-state index in [0.29, 0.717) is 5.56 Å². The van der Waals surface area contributed by atoms with E-state index in [-0.39, 0.29) is 0 Å². The molecule has 2 aromatic heterocycles. The van der Waals surface area contributed by atoms with Gasteiger partial charge in [0.25, 0.3) is 0 Å². The Hall–Kier alpha value is -6.15. The van der Waals surface area contributed by atoms with Crippen LogP contribution in [0.1, 0.15) is 5.56 Å². The van der Waals surface area contributed by atoms with Crippen molar-refractivity contribution in [3.63, 3.8) is 0 Å². The number of nitriles is 1. The molecule has 4 heteroatoms. The lowest BCUT2D eigenvalue weighted by atomic mass is 10.1. The second-order valence-corrected chi connectivity index (χ2v) is 15.8. The predicted molar refractivity (Wildman–Crippen MR) is 196 cm³/mol. The Morgan fingerprint density at radius 3 is 1.64 bits per heavy atom. The van der Waals surface area contributed by atoms with Gasteiger partial charge in [0.1, 0.15) is 11.2 Å². The van der Waals surface area contributed by atoms with Gasteiger partial charge in [-0.2, -0.15) is 5.26 Å². The number of aromatic nitrogens is 1. The van der Waals surface area contributed by atoms with Crippen LogP contribution in [0.3, 0.4) is 0 Å². The quantitative estimate of drug-likeness (QED) is 0.146. The maximum absolute atomic E-state index is 9.62. The molecule has 9 aromatic rings. The van der Waals surface area contributed by atoms with Gasteiger partial charge in [-0.15, -0.1) is 0 Å². The van der Waals surface area contributed by atoms with E-state index in [2.05, 4.69) is 168 Å². The highest BCUT2D eigenvalue weighted by atomic mass is 28.3. The molecular weight excluding hydrogens is 589 g/mol. The number of nitrogens with zero attached hydrogens (tertiary/aromatic N) is 2. The van der Waals surface area contributed by atoms with Gasteiger partial charge in [-0.1, -0.05) is 121 Å². The highest BCUT2D eigenvalue weighted by Crippen LogP contribution is 2.35. The lowest BCUT2D eigenvalue weighted by Crippen LogP contribution is -2.74. The molecule has 0 radical (unpaired) electrons. The third-order valence-corrected chi connectivity index (χ3v) is 14.3. The molecule has 2 heterocycles. The van der Waals surface area contributed by atoms with Gasteiger partial charge in [0.05, 0.1) is 22.7 Å². The van der Waals surface area contributed by atoms with Crippen molar-refractivity contribution in [1.29, 1.82) is 5.26 Å². The Labute approximate surface area is 273 Å². The number of hydrogen-bond donors (Lipinski definition) is 0. The maximum Gasteiger partial charge on any atom is 0.179 e. The number of benzene rings is 7. The topological polar surface area (TPSA) is 41.9 Å². The fraction of sp³-hybridized carbons (Fsp3) is 0. The van der Waals surface area contributed by atoms with Gasteiger partial charge in [0, 0.05) is 27.2 Å². The summed E-state index contributed by atoms with van der Waals surface area (Å²) in [5, 5.41) is 19.3. The Balaban J connectivity index is 1.33. The van der Waals surface area contributed by atoms with Crippen LogP contribution in [0.15, 0.2) is 174 Å². The van der Waals surface area contributed by atoms with Crippen molar-refractivity contribution in [3.05, 3.63) is 175 Å². The van der Waals surface area contributed by atoms with Crippen LogP contribution >= 0.6 is 0 Å². The maximum atomic E-state index is 9.62. The first kappa shape index (κ1) is 27.2. The summed E-state index contributed by atoms with van der Waals surface area (Å²) in [5.41, 5.74) is 5.63. The van der Waals surface area contributed by atoms with Crippen LogP contribution < -0.4 is 20.7 Å². The Morgan fingerprint density at radius 2 is 1.00 bits per heavy atom. The van der Waals surface area contributed by atoms with Crippen LogP contribution in [-0.2, 0) is 0 Å². The molecule has 0 amide bonds. The standard InChI is InChI=1S/C43H28N2OSi/c44-29-30-20-23-41-37(26-30)36-18-10-11-19-40(36)45(41)31-21-24-42-38(27-31)39-28-35(22-25-43(39)46-42)47(32-12-4-1-5-13-32,33-14-6-2-7-15-33)34-16-8-3-9-17-34/h1-28H. The highest BCUT2D eigenvalue weighted by Gasteiger charge is 2.41. The van der Waals surface area contributed by atoms with Crippen molar-refractivity contribution in [1.82, 2.24) is 4.57 Å². The van der Waals surface area contributed by atoms with Crippen LogP contribution in [-0.4, -0.2) is 12.6 Å². The minimum atomic E-state index is -2.70. The van der Waals surface area contributed by atoms with Crippen molar-refractivity contribution in [2.24, 2.45) is 0 Å². The summed E-state index contributed by atoms with van der Waals surface area (Å²) < 4.78 is 8.78. The first-order valence-corrected chi connectivity index (χ1v) is 17.8. The molecule has 0 atom stereocenters. The molecule has 0 aliphatic carbocycles. The summed E-state index contributed by atoms with van der Waals surface area (Å²) in [4.78, 5) is 0. The Bertz CT molecular complexity index is 2530. The molecule has 0 aliphatic rings. The molecule has 0 saturated heterocycles. The molecule has 0 spiro atoms. The van der Waals surface area contributed by atoms with Crippen LogP contribution in [0.5, 0.6) is 0 Å². The van der Waals surface area contributed by atoms with E-state index in [1.54, 1.807) is 0 Å². The Kier molecular flexibility index (Phi) is 6.21. The third-order valence-electron chi connectivity index (χ3n) is 9.57. The SMILES string of the molecule is N#Cc1ccc2c(c1)c1ccccc1n2-c1ccc2oc3ccc([Si](c4ccccc4)(c4ccccc4)c4ccccc4)cc3c2c1. The van der Waals surface area contributed by atoms with E-state index in [0.717, 1.165) is 49.4 Å². The normalized spacial score (nSPS) is 11.8. The average molecular weight is 617 g/mol. The summed E-state index contributed by atoms with van der Waals surface area (Å²) in [6, 6.07) is 63.0. The fourth-order valence-electron chi connectivity index (χ4n) is 7.52. The van der Waals surface area contributed by atoms with E-state index in [9.17, 15) is 5.26 Å². The minimum Gasteiger partial charge on any atom is -0.456 e. The number of para-hydroxylation sites is 1. The largest absolute Gasteiger partial charge is 0.456 e. The van der Waals surface area contributed by atoms with Crippen LogP contribution in [0.25, 0.3) is 49.4 Å². The van der Waals surface area contributed by atoms with E-state index >= 15 is 0 Å². The fourth-order valence-corrected chi connectivity index (χ4v) is 12.3. The zero-order chi connectivity index (χ0) is 31.4. The summed E-state index contributed by atoms with van der Waals surface area (Å²) in [6.45, 7) is 0. The molecule has 0 aliphatic heterocycles. The molecule has 0 N–H and O–H groups in total. The number of furan rings is 1. The zero-order valence-corrected chi connectivity index (χ0v) is 26.5. The molecule has 0 bridgehead atoms. The lowest BCUT2D eigenvalue weighted by molar-refractivity contribution is 0.669. The van der Waals surface area contributed by atoms with Crippen molar-refractivity contribution >= 4 is 72.6 Å². The van der Waals surface area contributed by atoms with Gasteiger partial charge in [0.2, 0.25) is 0 Å². The first-order chi connectivity index (χ1) is 23.3. The van der Waals surface area contributed by atoms with Gasteiger partial charge >= 0.3 is 0 Å². The van der Waals surface area contributed by atoms with Crippen LogP contribution in [0.4, 0.5) is 0 Å². The molecule has 3 nitrogen and oxygen atoms in total. The third kappa shape index (κ3) is 4.11. The van der Waals surface area contributed by atoms with Crippen molar-refractivity contribution in [2.75, 3.05) is 0 Å². The van der Waals surface area contributed by atoms with Crippen molar-refractivity contribution in [2.45, 2.75) is 0 Å². The summed E-state index contributed by atoms with van der Waals surface area (Å²) in [5.74, 6) is 0. The zero-order valence-electron chi connectivity index (χ0n) is 25.5. The molecule has 0 unspecified atom stereocenters. The monoisotopic (exact) mass is 616 g/mol. The van der Waals surface area contributed by atoms with E-state index in [4.69, 9.17) is 4.42 Å². The second kappa shape index (κ2) is 10.7. The minimum absolute atomic E-state index is 0.659. The number of hydrogen-bond acceptors (Lipinski definition) is 2. The molecule has 7 aromatic carbocycles. The number of rotatable bonds is 5. The van der Waals surface area contributed by atoms with E-state index < -0.39 is 8.07 Å². The molecule has 9 rings (SSSR count). The van der Waals surface area contributed by atoms with Gasteiger partial charge in [-0.25, -0.2) is 0 Å². The summed E-state index contributed by atoms with van der Waals surface area (Å²) in [7, 11) is -2.70. The van der Waals surface area contributed by atoms with Crippen LogP contribution in [0, 0.1) is 11.3 Å². The Morgan fingerprint density at radius 1 is 0.447 bits per heavy atom.